The smallest absolute Gasteiger partial charge is 0.0637 e. The van der Waals surface area contributed by atoms with Gasteiger partial charge in [0.15, 0.2) is 0 Å². The summed E-state index contributed by atoms with van der Waals surface area (Å²) in [6, 6.07) is 0. The van der Waals surface area contributed by atoms with Crippen LogP contribution in [-0.4, -0.2) is 102 Å². The van der Waals surface area contributed by atoms with Crippen LogP contribution in [0.1, 0.15) is 144 Å². The molecular formula is C37H80Cl2N2O4. The summed E-state index contributed by atoms with van der Waals surface area (Å²) in [4.78, 5) is 4.83. The summed E-state index contributed by atoms with van der Waals surface area (Å²) >= 11 is 0. The van der Waals surface area contributed by atoms with Crippen molar-refractivity contribution in [2.24, 2.45) is 5.41 Å². The van der Waals surface area contributed by atoms with Crippen LogP contribution >= 0.6 is 24.8 Å². The van der Waals surface area contributed by atoms with Crippen molar-refractivity contribution in [3.63, 3.8) is 0 Å². The molecule has 276 valence electrons. The summed E-state index contributed by atoms with van der Waals surface area (Å²) in [6.45, 7) is 25.2. The molecule has 0 bridgehead atoms. The second kappa shape index (κ2) is 38.8. The Bertz CT molecular complexity index is 495. The highest BCUT2D eigenvalue weighted by atomic mass is 35.5. The van der Waals surface area contributed by atoms with Gasteiger partial charge in [0.1, 0.15) is 0 Å². The lowest BCUT2D eigenvalue weighted by Crippen LogP contribution is -2.43. The van der Waals surface area contributed by atoms with E-state index in [1.807, 2.05) is 0 Å². The maximum absolute atomic E-state index is 6.37. The van der Waals surface area contributed by atoms with E-state index in [0.717, 1.165) is 78.5 Å². The molecule has 0 heterocycles. The van der Waals surface area contributed by atoms with Gasteiger partial charge in [-0.1, -0.05) is 131 Å². The summed E-state index contributed by atoms with van der Waals surface area (Å²) in [5.74, 6) is 0. The van der Waals surface area contributed by atoms with Crippen LogP contribution in [0.15, 0.2) is 0 Å². The number of nitrogens with zero attached hydrogens (tertiary/aromatic N) is 2. The lowest BCUT2D eigenvalue weighted by atomic mass is 9.92. The normalized spacial score (nSPS) is 11.7. The van der Waals surface area contributed by atoms with E-state index in [1.54, 1.807) is 0 Å². The number of likely N-dealkylation sites (N-methyl/N-ethyl adjacent to an activating group) is 2. The molecule has 0 aliphatic rings. The zero-order valence-electron chi connectivity index (χ0n) is 31.1. The van der Waals surface area contributed by atoms with Crippen molar-refractivity contribution in [1.29, 1.82) is 0 Å². The predicted octanol–water partition coefficient (Wildman–Crippen LogP) is 9.85. The van der Waals surface area contributed by atoms with Crippen LogP contribution in [0.3, 0.4) is 0 Å². The Morgan fingerprint density at radius 3 is 0.911 bits per heavy atom. The molecule has 0 fully saturated rings. The highest BCUT2D eigenvalue weighted by molar-refractivity contribution is 5.85. The van der Waals surface area contributed by atoms with Crippen molar-refractivity contribution < 1.29 is 18.9 Å². The molecule has 45 heavy (non-hydrogen) atoms. The third-order valence-corrected chi connectivity index (χ3v) is 8.81. The lowest BCUT2D eigenvalue weighted by Gasteiger charge is -2.33. The molecule has 0 rings (SSSR count). The molecule has 0 aromatic carbocycles. The number of ether oxygens (including phenoxy) is 4. The van der Waals surface area contributed by atoms with Crippen LogP contribution in [0.5, 0.6) is 0 Å². The Balaban J connectivity index is -0.00000882. The van der Waals surface area contributed by atoms with Crippen LogP contribution in [-0.2, 0) is 18.9 Å². The number of unbranched alkanes of at least 4 members (excludes halogenated alkanes) is 14. The maximum atomic E-state index is 6.37. The molecule has 0 aliphatic carbocycles. The Hall–Kier alpha value is 0.340. The predicted molar refractivity (Wildman–Crippen MR) is 201 cm³/mol. The van der Waals surface area contributed by atoms with Crippen LogP contribution in [0.4, 0.5) is 0 Å². The fourth-order valence-electron chi connectivity index (χ4n) is 5.55. The Morgan fingerprint density at radius 1 is 0.356 bits per heavy atom. The average molecular weight is 688 g/mol. The monoisotopic (exact) mass is 687 g/mol. The Kier molecular flexibility index (Phi) is 42.9. The number of halogens is 2. The van der Waals surface area contributed by atoms with Gasteiger partial charge in [-0.3, -0.25) is 0 Å². The molecule has 8 heteroatoms. The van der Waals surface area contributed by atoms with Gasteiger partial charge >= 0.3 is 0 Å². The number of hydrogen-bond acceptors (Lipinski definition) is 6. The summed E-state index contributed by atoms with van der Waals surface area (Å²) < 4.78 is 25.4. The van der Waals surface area contributed by atoms with E-state index in [0.29, 0.717) is 26.4 Å². The van der Waals surface area contributed by atoms with Crippen LogP contribution in [0.2, 0.25) is 0 Å². The first-order valence-corrected chi connectivity index (χ1v) is 18.9. The first-order chi connectivity index (χ1) is 21.1. The van der Waals surface area contributed by atoms with Gasteiger partial charge in [-0.15, -0.1) is 24.8 Å². The quantitative estimate of drug-likeness (QED) is 0.0611. The Labute approximate surface area is 294 Å². The molecular weight excluding hydrogens is 607 g/mol. The zero-order chi connectivity index (χ0) is 31.7. The first-order valence-electron chi connectivity index (χ1n) is 18.9. The number of rotatable bonds is 36. The van der Waals surface area contributed by atoms with Crippen molar-refractivity contribution in [1.82, 2.24) is 9.80 Å². The van der Waals surface area contributed by atoms with E-state index in [-0.39, 0.29) is 30.2 Å². The van der Waals surface area contributed by atoms with E-state index in [1.165, 1.54) is 89.9 Å². The van der Waals surface area contributed by atoms with Crippen LogP contribution in [0, 0.1) is 5.41 Å². The second-order valence-corrected chi connectivity index (χ2v) is 12.7. The standard InChI is InChI=1S/C37H78N2O4.2ClH/c1-7-13-15-17-19-21-23-25-29-40-33-37(35-42-31-27-38(9-3)10-4,36-43-32-28-39(11-5)12-6)34-41-30-26-24-22-20-18-16-14-8-2;;/h7-36H2,1-6H3;2*1H. The fourth-order valence-corrected chi connectivity index (χ4v) is 5.55. The minimum absolute atomic E-state index is 0. The van der Waals surface area contributed by atoms with Crippen molar-refractivity contribution in [2.75, 3.05) is 92.1 Å². The van der Waals surface area contributed by atoms with Gasteiger partial charge in [-0.25, -0.2) is 0 Å². The van der Waals surface area contributed by atoms with E-state index in [2.05, 4.69) is 51.3 Å². The molecule has 0 unspecified atom stereocenters. The highest BCUT2D eigenvalue weighted by Gasteiger charge is 2.32. The molecule has 0 aromatic heterocycles. The second-order valence-electron chi connectivity index (χ2n) is 12.7. The van der Waals surface area contributed by atoms with Crippen molar-refractivity contribution in [2.45, 2.75) is 144 Å². The van der Waals surface area contributed by atoms with Gasteiger partial charge in [0.25, 0.3) is 0 Å². The summed E-state index contributed by atoms with van der Waals surface area (Å²) in [5, 5.41) is 0. The molecule has 6 nitrogen and oxygen atoms in total. The molecule has 0 saturated heterocycles. The fraction of sp³-hybridized carbons (Fsp3) is 1.00. The molecule has 0 N–H and O–H groups in total. The molecule has 0 amide bonds. The molecule has 0 atom stereocenters. The third kappa shape index (κ3) is 31.4. The topological polar surface area (TPSA) is 43.4 Å². The summed E-state index contributed by atoms with van der Waals surface area (Å²) in [6.07, 6.45) is 21.1. The summed E-state index contributed by atoms with van der Waals surface area (Å²) in [7, 11) is 0. The molecule has 0 spiro atoms. The zero-order valence-corrected chi connectivity index (χ0v) is 32.7. The van der Waals surface area contributed by atoms with E-state index in [4.69, 9.17) is 18.9 Å². The Morgan fingerprint density at radius 2 is 0.622 bits per heavy atom. The van der Waals surface area contributed by atoms with Crippen molar-refractivity contribution in [3.8, 4) is 0 Å². The maximum Gasteiger partial charge on any atom is 0.0637 e. The van der Waals surface area contributed by atoms with Crippen LogP contribution < -0.4 is 0 Å². The van der Waals surface area contributed by atoms with Crippen molar-refractivity contribution >= 4 is 24.8 Å². The third-order valence-electron chi connectivity index (χ3n) is 8.81. The average Bonchev–Trinajstić information content (AvgIpc) is 3.03. The largest absolute Gasteiger partial charge is 0.381 e. The van der Waals surface area contributed by atoms with Gasteiger partial charge in [-0.05, 0) is 39.0 Å². The van der Waals surface area contributed by atoms with Gasteiger partial charge < -0.3 is 28.7 Å². The van der Waals surface area contributed by atoms with Gasteiger partial charge in [0.2, 0.25) is 0 Å². The van der Waals surface area contributed by atoms with Gasteiger partial charge in [0.05, 0.1) is 45.1 Å². The van der Waals surface area contributed by atoms with E-state index in [9.17, 15) is 0 Å². The van der Waals surface area contributed by atoms with E-state index < -0.39 is 0 Å². The van der Waals surface area contributed by atoms with Gasteiger partial charge in [-0.2, -0.15) is 0 Å². The summed E-state index contributed by atoms with van der Waals surface area (Å²) in [5.41, 5.74) is -0.271. The van der Waals surface area contributed by atoms with Gasteiger partial charge in [0, 0.05) is 26.3 Å². The molecule has 0 aliphatic heterocycles. The first kappa shape index (κ1) is 49.7. The van der Waals surface area contributed by atoms with Crippen LogP contribution in [0.25, 0.3) is 0 Å². The molecule has 0 radical (unpaired) electrons. The molecule has 0 aromatic rings. The minimum Gasteiger partial charge on any atom is -0.381 e. The van der Waals surface area contributed by atoms with E-state index >= 15 is 0 Å². The van der Waals surface area contributed by atoms with Crippen molar-refractivity contribution in [3.05, 3.63) is 0 Å². The number of hydrogen-bond donors (Lipinski definition) is 0. The highest BCUT2D eigenvalue weighted by Crippen LogP contribution is 2.22. The lowest BCUT2D eigenvalue weighted by molar-refractivity contribution is -0.109. The SMILES string of the molecule is CCCCCCCCCCOCC(COCCCCCCCCCC)(COCCN(CC)CC)COCCN(CC)CC.Cl.Cl. The molecule has 0 saturated carbocycles. The minimum atomic E-state index is -0.271.